The Morgan fingerprint density at radius 3 is 2.36 bits per heavy atom. The maximum absolute atomic E-state index is 14.6. The number of alkyl halides is 5. The Morgan fingerprint density at radius 1 is 1.04 bits per heavy atom. The van der Waals surface area contributed by atoms with Gasteiger partial charge in [0.05, 0.1) is 0 Å². The van der Waals surface area contributed by atoms with Crippen LogP contribution in [-0.2, 0) is 5.92 Å². The summed E-state index contributed by atoms with van der Waals surface area (Å²) in [7, 11) is 0. The van der Waals surface area contributed by atoms with Crippen LogP contribution in [0.4, 0.5) is 26.3 Å². The Balaban J connectivity index is 1.97. The first-order valence-electron chi connectivity index (χ1n) is 8.00. The molecule has 0 amide bonds. The monoisotopic (exact) mass is 417 g/mol. The lowest BCUT2D eigenvalue weighted by atomic mass is 10.0. The summed E-state index contributed by atoms with van der Waals surface area (Å²) >= 11 is 0.215. The predicted octanol–water partition coefficient (Wildman–Crippen LogP) is 6.58. The molecule has 1 heterocycles. The highest BCUT2D eigenvalue weighted by molar-refractivity contribution is 7.99. The van der Waals surface area contributed by atoms with E-state index in [1.54, 1.807) is 6.07 Å². The van der Waals surface area contributed by atoms with Crippen molar-refractivity contribution < 1.29 is 30.9 Å². The highest BCUT2D eigenvalue weighted by Crippen LogP contribution is 2.39. The van der Waals surface area contributed by atoms with Gasteiger partial charge in [-0.1, -0.05) is 47.3 Å². The molecule has 0 aliphatic heterocycles. The van der Waals surface area contributed by atoms with Gasteiger partial charge in [-0.15, -0.1) is 0 Å². The van der Waals surface area contributed by atoms with E-state index in [1.165, 1.54) is 31.2 Å². The predicted molar refractivity (Wildman–Crippen MR) is 92.8 cm³/mol. The molecule has 2 aromatic carbocycles. The third kappa shape index (κ3) is 4.04. The van der Waals surface area contributed by atoms with E-state index in [4.69, 9.17) is 4.52 Å². The molecule has 0 N–H and O–H groups in total. The van der Waals surface area contributed by atoms with Crippen LogP contribution in [0.1, 0.15) is 16.9 Å². The van der Waals surface area contributed by atoms with Gasteiger partial charge in [0.2, 0.25) is 11.3 Å². The van der Waals surface area contributed by atoms with Gasteiger partial charge in [0.25, 0.3) is 6.43 Å². The van der Waals surface area contributed by atoms with Crippen LogP contribution in [0.25, 0.3) is 11.3 Å². The second-order valence-corrected chi connectivity index (χ2v) is 7.04. The van der Waals surface area contributed by atoms with Crippen molar-refractivity contribution in [2.75, 3.05) is 0 Å². The van der Waals surface area contributed by atoms with E-state index >= 15 is 0 Å². The highest BCUT2D eigenvalue weighted by atomic mass is 32.2. The van der Waals surface area contributed by atoms with Crippen molar-refractivity contribution in [2.45, 2.75) is 29.7 Å². The van der Waals surface area contributed by atoms with Crippen LogP contribution in [0.15, 0.2) is 57.9 Å². The fraction of sp³-hybridized carbons (Fsp3) is 0.211. The molecule has 0 saturated carbocycles. The number of halogens is 6. The SMILES string of the molecule is Cc1cc(F)c(-c2cc(C(F)(F)c3ccccc3)on2)cc1SC(F)C(F)F. The molecule has 1 aromatic heterocycles. The molecule has 2 nitrogen and oxygen atoms in total. The van der Waals surface area contributed by atoms with Gasteiger partial charge in [0.15, 0.2) is 0 Å². The molecule has 148 valence electrons. The van der Waals surface area contributed by atoms with Crippen LogP contribution in [0.2, 0.25) is 0 Å². The largest absolute Gasteiger partial charge is 0.354 e. The summed E-state index contributed by atoms with van der Waals surface area (Å²) in [5.41, 5.74) is -3.12. The number of aryl methyl sites for hydroxylation is 1. The molecule has 3 aromatic rings. The minimum absolute atomic E-state index is 0.0450. The summed E-state index contributed by atoms with van der Waals surface area (Å²) in [4.78, 5) is 0.0450. The van der Waals surface area contributed by atoms with Crippen LogP contribution in [0.3, 0.4) is 0 Å². The van der Waals surface area contributed by atoms with Crippen LogP contribution in [0.5, 0.6) is 0 Å². The number of nitrogens with zero attached hydrogens (tertiary/aromatic N) is 1. The number of hydrogen-bond donors (Lipinski definition) is 0. The second kappa shape index (κ2) is 7.90. The van der Waals surface area contributed by atoms with Crippen LogP contribution >= 0.6 is 11.8 Å². The molecular formula is C19H13F6NOS. The lowest BCUT2D eigenvalue weighted by Gasteiger charge is -2.12. The van der Waals surface area contributed by atoms with Crippen molar-refractivity contribution in [3.63, 3.8) is 0 Å². The topological polar surface area (TPSA) is 26.0 Å². The van der Waals surface area contributed by atoms with E-state index in [9.17, 15) is 26.3 Å². The Morgan fingerprint density at radius 2 is 1.71 bits per heavy atom. The average Bonchev–Trinajstić information content (AvgIpc) is 3.15. The summed E-state index contributed by atoms with van der Waals surface area (Å²) in [6.45, 7) is 1.42. The van der Waals surface area contributed by atoms with Crippen molar-refractivity contribution in [2.24, 2.45) is 0 Å². The van der Waals surface area contributed by atoms with Crippen LogP contribution in [0, 0.1) is 12.7 Å². The lowest BCUT2D eigenvalue weighted by molar-refractivity contribution is 0.0131. The van der Waals surface area contributed by atoms with E-state index in [1.807, 2.05) is 0 Å². The third-order valence-corrected chi connectivity index (χ3v) is 5.06. The highest BCUT2D eigenvalue weighted by Gasteiger charge is 2.38. The molecule has 1 unspecified atom stereocenters. The zero-order valence-electron chi connectivity index (χ0n) is 14.3. The second-order valence-electron chi connectivity index (χ2n) is 5.92. The fourth-order valence-corrected chi connectivity index (χ4v) is 3.26. The third-order valence-electron chi connectivity index (χ3n) is 3.93. The van der Waals surface area contributed by atoms with Crippen LogP contribution in [-0.4, -0.2) is 17.1 Å². The van der Waals surface area contributed by atoms with E-state index in [2.05, 4.69) is 5.16 Å². The average molecular weight is 417 g/mol. The van der Waals surface area contributed by atoms with Gasteiger partial charge in [-0.25, -0.2) is 17.6 Å². The molecule has 0 fully saturated rings. The van der Waals surface area contributed by atoms with Crippen molar-refractivity contribution in [1.82, 2.24) is 5.16 Å². The number of rotatable bonds is 6. The molecule has 1 atom stereocenters. The zero-order valence-corrected chi connectivity index (χ0v) is 15.1. The Bertz CT molecular complexity index is 960. The minimum Gasteiger partial charge on any atom is -0.354 e. The number of benzene rings is 2. The normalized spacial score (nSPS) is 13.1. The van der Waals surface area contributed by atoms with Gasteiger partial charge in [-0.3, -0.25) is 0 Å². The maximum atomic E-state index is 14.6. The van der Waals surface area contributed by atoms with Gasteiger partial charge >= 0.3 is 5.92 Å². The summed E-state index contributed by atoms with van der Waals surface area (Å²) in [6, 6.07) is 9.80. The molecule has 28 heavy (non-hydrogen) atoms. The number of thioether (sulfide) groups is 1. The van der Waals surface area contributed by atoms with E-state index in [-0.39, 0.29) is 39.0 Å². The molecule has 0 aliphatic rings. The minimum atomic E-state index is -3.51. The number of hydrogen-bond acceptors (Lipinski definition) is 3. The molecule has 0 radical (unpaired) electrons. The molecule has 0 bridgehead atoms. The summed E-state index contributed by atoms with van der Waals surface area (Å²) < 4.78 is 86.4. The van der Waals surface area contributed by atoms with Gasteiger partial charge in [0.1, 0.15) is 11.5 Å². The van der Waals surface area contributed by atoms with Gasteiger partial charge in [-0.05, 0) is 24.6 Å². The molecule has 9 heteroatoms. The van der Waals surface area contributed by atoms with E-state index < -0.39 is 29.4 Å². The zero-order chi connectivity index (χ0) is 20.5. The summed E-state index contributed by atoms with van der Waals surface area (Å²) in [5.74, 6) is -5.14. The molecule has 0 spiro atoms. The van der Waals surface area contributed by atoms with Crippen molar-refractivity contribution in [3.8, 4) is 11.3 Å². The smallest absolute Gasteiger partial charge is 0.332 e. The first-order valence-corrected chi connectivity index (χ1v) is 8.88. The molecular weight excluding hydrogens is 404 g/mol. The molecule has 0 aliphatic carbocycles. The number of aromatic nitrogens is 1. The Kier molecular flexibility index (Phi) is 5.74. The first-order chi connectivity index (χ1) is 13.2. The van der Waals surface area contributed by atoms with Gasteiger partial charge in [-0.2, -0.15) is 8.78 Å². The van der Waals surface area contributed by atoms with Gasteiger partial charge in [0, 0.05) is 22.1 Å². The summed E-state index contributed by atoms with van der Waals surface area (Å²) in [6.07, 6.45) is -3.22. The van der Waals surface area contributed by atoms with Crippen molar-refractivity contribution >= 4 is 11.8 Å². The van der Waals surface area contributed by atoms with Gasteiger partial charge < -0.3 is 4.52 Å². The Labute approximate surface area is 160 Å². The van der Waals surface area contributed by atoms with E-state index in [0.29, 0.717) is 0 Å². The van der Waals surface area contributed by atoms with Crippen molar-refractivity contribution in [3.05, 3.63) is 71.2 Å². The molecule has 0 saturated heterocycles. The first kappa shape index (κ1) is 20.3. The fourth-order valence-electron chi connectivity index (χ4n) is 2.49. The quantitative estimate of drug-likeness (QED) is 0.335. The molecule has 3 rings (SSSR count). The lowest BCUT2D eigenvalue weighted by Crippen LogP contribution is -2.13. The van der Waals surface area contributed by atoms with Crippen LogP contribution < -0.4 is 0 Å². The standard InChI is InChI=1S/C19H13F6NOS/c1-10-7-13(20)12(8-15(10)28-18(23)17(21)22)14-9-16(27-26-14)19(24,25)11-5-3-2-4-6-11/h2-9,17-18H,1H3. The Hall–Kier alpha value is -2.42. The van der Waals surface area contributed by atoms with Crippen molar-refractivity contribution in [1.29, 1.82) is 0 Å². The maximum Gasteiger partial charge on any atom is 0.332 e. The van der Waals surface area contributed by atoms with E-state index in [0.717, 1.165) is 18.2 Å². The summed E-state index contributed by atoms with van der Waals surface area (Å²) in [5, 5.41) is 3.48.